The molecule has 1 amide bonds. The van der Waals surface area contributed by atoms with Gasteiger partial charge in [0.1, 0.15) is 4.32 Å². The molecular formula is C24H24N6O4S3. The molecule has 37 heavy (non-hydrogen) atoms. The highest BCUT2D eigenvalue weighted by molar-refractivity contribution is 8.23. The van der Waals surface area contributed by atoms with E-state index in [0.29, 0.717) is 22.5 Å². The second-order valence-corrected chi connectivity index (χ2v) is 12.2. The summed E-state index contributed by atoms with van der Waals surface area (Å²) in [4.78, 5) is 34.6. The summed E-state index contributed by atoms with van der Waals surface area (Å²) in [7, 11) is -3.85. The molecule has 0 aliphatic carbocycles. The van der Waals surface area contributed by atoms with Gasteiger partial charge in [-0.25, -0.2) is 23.1 Å². The van der Waals surface area contributed by atoms with Crippen molar-refractivity contribution in [3.8, 4) is 0 Å². The predicted octanol–water partition coefficient (Wildman–Crippen LogP) is 2.52. The Bertz CT molecular complexity index is 1480. The Labute approximate surface area is 223 Å². The third kappa shape index (κ3) is 5.84. The Morgan fingerprint density at radius 3 is 2.57 bits per heavy atom. The number of likely N-dealkylation sites (tertiary alicyclic amines) is 1. The first-order valence-corrected chi connectivity index (χ1v) is 14.5. The first-order chi connectivity index (χ1) is 17.8. The quantitative estimate of drug-likeness (QED) is 0.441. The van der Waals surface area contributed by atoms with Crippen molar-refractivity contribution in [2.24, 2.45) is 5.92 Å². The summed E-state index contributed by atoms with van der Waals surface area (Å²) in [5.41, 5.74) is 1.57. The summed E-state index contributed by atoms with van der Waals surface area (Å²) in [5.74, 6) is 0.451. The van der Waals surface area contributed by atoms with Gasteiger partial charge in [-0.3, -0.25) is 9.59 Å². The predicted molar refractivity (Wildman–Crippen MR) is 146 cm³/mol. The summed E-state index contributed by atoms with van der Waals surface area (Å²) >= 11 is 6.93. The number of piperidine rings is 1. The highest BCUT2D eigenvalue weighted by Crippen LogP contribution is 2.36. The van der Waals surface area contributed by atoms with Crippen LogP contribution < -0.4 is 15.6 Å². The van der Waals surface area contributed by atoms with Gasteiger partial charge in [-0.1, -0.05) is 30.0 Å². The van der Waals surface area contributed by atoms with Gasteiger partial charge in [-0.05, 0) is 48.7 Å². The van der Waals surface area contributed by atoms with E-state index in [4.69, 9.17) is 12.2 Å². The second kappa shape index (κ2) is 10.6. The fourth-order valence-corrected chi connectivity index (χ4v) is 6.65. The van der Waals surface area contributed by atoms with Crippen molar-refractivity contribution in [3.05, 3.63) is 77.0 Å². The van der Waals surface area contributed by atoms with E-state index in [9.17, 15) is 18.0 Å². The van der Waals surface area contributed by atoms with Crippen molar-refractivity contribution in [2.45, 2.75) is 23.8 Å². The van der Waals surface area contributed by atoms with Gasteiger partial charge in [0.2, 0.25) is 11.9 Å². The van der Waals surface area contributed by atoms with Crippen LogP contribution in [0.4, 0.5) is 11.6 Å². The molecule has 13 heteroatoms. The van der Waals surface area contributed by atoms with E-state index in [1.807, 2.05) is 10.6 Å². The highest BCUT2D eigenvalue weighted by Gasteiger charge is 2.35. The number of carbonyl (C=O) groups excluding carboxylic acids is 1. The lowest BCUT2D eigenvalue weighted by atomic mass is 9.83. The van der Waals surface area contributed by atoms with Crippen LogP contribution in [0.25, 0.3) is 0 Å². The number of nitrogens with one attached hydrogen (secondary N) is 2. The molecule has 2 aliphatic heterocycles. The number of aromatic nitrogens is 3. The van der Waals surface area contributed by atoms with E-state index in [1.165, 1.54) is 48.4 Å². The minimum absolute atomic E-state index is 0.0213. The molecule has 3 aromatic rings. The van der Waals surface area contributed by atoms with Crippen LogP contribution in [0.1, 0.15) is 18.0 Å². The Morgan fingerprint density at radius 1 is 1.05 bits per heavy atom. The number of carbonyl (C=O) groups is 1. The average molecular weight is 557 g/mol. The number of amides is 1. The number of rotatable bonds is 6. The second-order valence-electron chi connectivity index (χ2n) is 8.91. The minimum Gasteiger partial charge on any atom is -0.356 e. The first-order valence-electron chi connectivity index (χ1n) is 11.6. The molecule has 2 N–H and O–H groups in total. The van der Waals surface area contributed by atoms with Crippen molar-refractivity contribution < 1.29 is 13.2 Å². The van der Waals surface area contributed by atoms with E-state index in [1.54, 1.807) is 18.2 Å². The highest BCUT2D eigenvalue weighted by atomic mass is 32.2. The lowest BCUT2D eigenvalue weighted by molar-refractivity contribution is -0.113. The molecule has 2 bridgehead atoms. The smallest absolute Gasteiger partial charge is 0.264 e. The van der Waals surface area contributed by atoms with Gasteiger partial charge in [0.15, 0.2) is 0 Å². The van der Waals surface area contributed by atoms with Crippen LogP contribution in [-0.2, 0) is 21.4 Å². The number of sulfonamides is 1. The molecule has 1 fully saturated rings. The number of pyridine rings is 1. The van der Waals surface area contributed by atoms with Crippen LogP contribution in [0.5, 0.6) is 0 Å². The molecule has 0 saturated carbocycles. The van der Waals surface area contributed by atoms with E-state index < -0.39 is 10.0 Å². The Hall–Kier alpha value is -3.29. The number of hydrogen-bond acceptors (Lipinski definition) is 8. The summed E-state index contributed by atoms with van der Waals surface area (Å²) < 4.78 is 29.8. The normalized spacial score (nSPS) is 18.5. The monoisotopic (exact) mass is 556 g/mol. The van der Waals surface area contributed by atoms with Crippen LogP contribution in [0.15, 0.2) is 70.6 Å². The van der Waals surface area contributed by atoms with E-state index in [-0.39, 0.29) is 34.0 Å². The maximum Gasteiger partial charge on any atom is 0.264 e. The fraction of sp³-hybridized carbons (Fsp3) is 0.292. The zero-order valence-corrected chi connectivity index (χ0v) is 22.1. The maximum absolute atomic E-state index is 12.5. The van der Waals surface area contributed by atoms with Gasteiger partial charge in [0.05, 0.1) is 10.6 Å². The number of nitrogens with zero attached hydrogens (tertiary/aromatic N) is 4. The Kier molecular flexibility index (Phi) is 7.26. The largest absolute Gasteiger partial charge is 0.356 e. The van der Waals surface area contributed by atoms with Crippen molar-refractivity contribution in [3.63, 3.8) is 0 Å². The molecule has 2 aliphatic rings. The van der Waals surface area contributed by atoms with Gasteiger partial charge < -0.3 is 14.8 Å². The molecule has 2 aromatic heterocycles. The molecule has 192 valence electrons. The molecule has 0 radical (unpaired) electrons. The lowest BCUT2D eigenvalue weighted by Gasteiger charge is -2.43. The third-order valence-electron chi connectivity index (χ3n) is 6.30. The minimum atomic E-state index is -3.85. The summed E-state index contributed by atoms with van der Waals surface area (Å²) in [6.45, 7) is 2.18. The van der Waals surface area contributed by atoms with Crippen LogP contribution in [0.3, 0.4) is 0 Å². The zero-order chi connectivity index (χ0) is 26.0. The maximum atomic E-state index is 12.5. The number of fused-ring (bicyclic) bond motifs is 4. The molecule has 10 nitrogen and oxygen atoms in total. The third-order valence-corrected chi connectivity index (χ3v) is 9.17. The van der Waals surface area contributed by atoms with Crippen LogP contribution in [0.2, 0.25) is 0 Å². The van der Waals surface area contributed by atoms with Gasteiger partial charge in [-0.15, -0.1) is 0 Å². The van der Waals surface area contributed by atoms with Gasteiger partial charge >= 0.3 is 0 Å². The van der Waals surface area contributed by atoms with Crippen LogP contribution in [-0.4, -0.2) is 56.9 Å². The SMILES string of the molecule is O=C(CSC(=S)N1C[C@@H]2C[C@H](C1)c1cccc(=O)n1C2)Nc1ccc(S(=O)(=O)Nc2ncccn2)cc1. The summed E-state index contributed by atoms with van der Waals surface area (Å²) in [6, 6.07) is 12.8. The molecule has 2 atom stereocenters. The summed E-state index contributed by atoms with van der Waals surface area (Å²) in [5, 5.41) is 2.77. The zero-order valence-electron chi connectivity index (χ0n) is 19.6. The van der Waals surface area contributed by atoms with Crippen LogP contribution in [0, 0.1) is 5.92 Å². The standard InChI is InChI=1S/C24H24N6O4S3/c31-21(27-18-5-7-19(8-6-18)37(33,34)28-23-25-9-2-10-26-23)15-36-24(35)29-12-16-11-17(14-29)20-3-1-4-22(32)30(20)13-16/h1-10,16-17H,11-15H2,(H,27,31)(H,25,26,28)/t16-,17+/m0/s1. The lowest BCUT2D eigenvalue weighted by Crippen LogP contribution is -2.48. The Morgan fingerprint density at radius 2 is 1.81 bits per heavy atom. The number of anilines is 2. The molecule has 4 heterocycles. The van der Waals surface area contributed by atoms with Crippen LogP contribution >= 0.6 is 24.0 Å². The molecule has 0 spiro atoms. The Balaban J connectivity index is 1.13. The molecule has 1 aromatic carbocycles. The van der Waals surface area contributed by atoms with E-state index >= 15 is 0 Å². The first kappa shape index (κ1) is 25.4. The van der Waals surface area contributed by atoms with Crippen molar-refractivity contribution in [2.75, 3.05) is 28.9 Å². The van der Waals surface area contributed by atoms with Gasteiger partial charge in [0, 0.05) is 55.4 Å². The van der Waals surface area contributed by atoms with Gasteiger partial charge in [-0.2, -0.15) is 0 Å². The number of hydrogen-bond donors (Lipinski definition) is 2. The molecule has 0 unspecified atom stereocenters. The van der Waals surface area contributed by atoms with Gasteiger partial charge in [0.25, 0.3) is 15.6 Å². The van der Waals surface area contributed by atoms with Crippen molar-refractivity contribution in [1.29, 1.82) is 0 Å². The van der Waals surface area contributed by atoms with E-state index in [2.05, 4.69) is 24.9 Å². The topological polar surface area (TPSA) is 126 Å². The fourth-order valence-electron chi connectivity index (χ4n) is 4.71. The van der Waals surface area contributed by atoms with Crippen molar-refractivity contribution >= 4 is 55.9 Å². The summed E-state index contributed by atoms with van der Waals surface area (Å²) in [6.07, 6.45) is 3.91. The number of thiocarbonyl (C=S) groups is 1. The average Bonchev–Trinajstić information content (AvgIpc) is 2.88. The molecule has 1 saturated heterocycles. The molecule has 5 rings (SSSR count). The number of benzene rings is 1. The van der Waals surface area contributed by atoms with E-state index in [0.717, 1.165) is 25.2 Å². The molecular weight excluding hydrogens is 533 g/mol. The number of thioether (sulfide) groups is 1. The van der Waals surface area contributed by atoms with Crippen molar-refractivity contribution in [1.82, 2.24) is 19.4 Å².